The first-order chi connectivity index (χ1) is 10.7. The van der Waals surface area contributed by atoms with Gasteiger partial charge < -0.3 is 15.2 Å². The third kappa shape index (κ3) is 5.03. The number of rotatable bonds is 6. The predicted octanol–water partition coefficient (Wildman–Crippen LogP) is 2.38. The van der Waals surface area contributed by atoms with E-state index in [2.05, 4.69) is 0 Å². The maximum absolute atomic E-state index is 11.6. The van der Waals surface area contributed by atoms with Crippen molar-refractivity contribution in [1.82, 2.24) is 0 Å². The van der Waals surface area contributed by atoms with Gasteiger partial charge in [-0.15, -0.1) is 0 Å². The van der Waals surface area contributed by atoms with Crippen LogP contribution in [0.15, 0.2) is 54.6 Å². The Labute approximate surface area is 128 Å². The molecule has 5 heteroatoms. The maximum Gasteiger partial charge on any atom is 0.514 e. The average Bonchev–Trinajstić information content (AvgIpc) is 2.55. The SMILES string of the molecule is N[C@H]([C]=O)Cc1ccc(OC(=O)OCc2ccccc2)cc1. The summed E-state index contributed by atoms with van der Waals surface area (Å²) in [5.74, 6) is 0.366. The second kappa shape index (κ2) is 7.95. The fraction of sp³-hybridized carbons (Fsp3) is 0.176. The molecule has 0 saturated carbocycles. The first kappa shape index (κ1) is 15.7. The lowest BCUT2D eigenvalue weighted by molar-refractivity contribution is 0.0927. The first-order valence-electron chi connectivity index (χ1n) is 6.78. The van der Waals surface area contributed by atoms with Gasteiger partial charge in [-0.3, -0.25) is 4.79 Å². The lowest BCUT2D eigenvalue weighted by Crippen LogP contribution is -2.23. The van der Waals surface area contributed by atoms with E-state index in [0.717, 1.165) is 11.1 Å². The molecule has 5 nitrogen and oxygen atoms in total. The molecule has 113 valence electrons. The molecule has 0 aromatic heterocycles. The van der Waals surface area contributed by atoms with Crippen LogP contribution in [0.1, 0.15) is 11.1 Å². The van der Waals surface area contributed by atoms with E-state index in [-0.39, 0.29) is 6.61 Å². The van der Waals surface area contributed by atoms with Crippen LogP contribution in [-0.2, 0) is 22.6 Å². The highest BCUT2D eigenvalue weighted by Gasteiger charge is 2.08. The van der Waals surface area contributed by atoms with Crippen molar-refractivity contribution in [2.75, 3.05) is 0 Å². The zero-order valence-corrected chi connectivity index (χ0v) is 11.9. The molecule has 0 aliphatic heterocycles. The standard InChI is InChI=1S/C17H16NO4/c18-15(11-19)10-13-6-8-16(9-7-13)22-17(20)21-12-14-4-2-1-3-5-14/h1-9,15H,10,12,18H2/t15-/m0/s1. The minimum atomic E-state index is -0.769. The second-order valence-electron chi connectivity index (χ2n) is 4.70. The number of hydrogen-bond donors (Lipinski definition) is 1. The number of hydrogen-bond acceptors (Lipinski definition) is 5. The van der Waals surface area contributed by atoms with Gasteiger partial charge in [0.1, 0.15) is 12.4 Å². The molecule has 0 aliphatic carbocycles. The van der Waals surface area contributed by atoms with Gasteiger partial charge >= 0.3 is 6.16 Å². The highest BCUT2D eigenvalue weighted by molar-refractivity contribution is 5.64. The molecule has 2 aromatic carbocycles. The Kier molecular flexibility index (Phi) is 5.68. The zero-order valence-electron chi connectivity index (χ0n) is 11.9. The molecule has 2 N–H and O–H groups in total. The fourth-order valence-electron chi connectivity index (χ4n) is 1.83. The maximum atomic E-state index is 11.6. The quantitative estimate of drug-likeness (QED) is 0.654. The Morgan fingerprint density at radius 3 is 2.36 bits per heavy atom. The molecule has 1 radical (unpaired) electrons. The second-order valence-corrected chi connectivity index (χ2v) is 4.70. The van der Waals surface area contributed by atoms with Crippen molar-refractivity contribution < 1.29 is 19.1 Å². The Morgan fingerprint density at radius 2 is 1.73 bits per heavy atom. The topological polar surface area (TPSA) is 78.6 Å². The number of carbonyl (C=O) groups is 1. The summed E-state index contributed by atoms with van der Waals surface area (Å²) in [4.78, 5) is 22.0. The van der Waals surface area contributed by atoms with Gasteiger partial charge in [-0.2, -0.15) is 0 Å². The van der Waals surface area contributed by atoms with Crippen molar-refractivity contribution in [1.29, 1.82) is 0 Å². The van der Waals surface area contributed by atoms with Crippen molar-refractivity contribution >= 4 is 12.4 Å². The van der Waals surface area contributed by atoms with Gasteiger partial charge in [-0.25, -0.2) is 4.79 Å². The highest BCUT2D eigenvalue weighted by Crippen LogP contribution is 2.14. The molecular formula is C17H16NO4. The summed E-state index contributed by atoms with van der Waals surface area (Å²) < 4.78 is 10.1. The van der Waals surface area contributed by atoms with Crippen LogP contribution in [0.3, 0.4) is 0 Å². The van der Waals surface area contributed by atoms with Crippen LogP contribution in [0.25, 0.3) is 0 Å². The van der Waals surface area contributed by atoms with Crippen molar-refractivity contribution in [3.63, 3.8) is 0 Å². The monoisotopic (exact) mass is 298 g/mol. The molecule has 0 bridgehead atoms. The number of nitrogens with two attached hydrogens (primary N) is 1. The van der Waals surface area contributed by atoms with Gasteiger partial charge in [0.15, 0.2) is 0 Å². The number of carbonyl (C=O) groups excluding carboxylic acids is 2. The minimum absolute atomic E-state index is 0.155. The average molecular weight is 298 g/mol. The normalized spacial score (nSPS) is 11.5. The molecule has 0 fully saturated rings. The van der Waals surface area contributed by atoms with Crippen LogP contribution in [0.2, 0.25) is 0 Å². The van der Waals surface area contributed by atoms with E-state index in [9.17, 15) is 9.59 Å². The van der Waals surface area contributed by atoms with Gasteiger partial charge in [0.05, 0.1) is 6.04 Å². The van der Waals surface area contributed by atoms with Crippen molar-refractivity contribution in [3.05, 3.63) is 65.7 Å². The summed E-state index contributed by atoms with van der Waals surface area (Å²) in [6.45, 7) is 0.155. The van der Waals surface area contributed by atoms with Gasteiger partial charge in [-0.05, 0) is 29.7 Å². The van der Waals surface area contributed by atoms with Crippen LogP contribution in [-0.4, -0.2) is 18.5 Å². The first-order valence-corrected chi connectivity index (χ1v) is 6.78. The highest BCUT2D eigenvalue weighted by atomic mass is 16.7. The van der Waals surface area contributed by atoms with Crippen molar-refractivity contribution in [3.8, 4) is 5.75 Å². The van der Waals surface area contributed by atoms with E-state index in [0.29, 0.717) is 12.2 Å². The van der Waals surface area contributed by atoms with Gasteiger partial charge in [0.2, 0.25) is 6.29 Å². The number of benzene rings is 2. The molecule has 0 saturated heterocycles. The van der Waals surface area contributed by atoms with Gasteiger partial charge in [0, 0.05) is 0 Å². The fourth-order valence-corrected chi connectivity index (χ4v) is 1.83. The molecule has 22 heavy (non-hydrogen) atoms. The molecule has 2 rings (SSSR count). The summed E-state index contributed by atoms with van der Waals surface area (Å²) in [6, 6.07) is 15.4. The van der Waals surface area contributed by atoms with E-state index in [4.69, 9.17) is 15.2 Å². The van der Waals surface area contributed by atoms with E-state index in [1.165, 1.54) is 0 Å². The predicted molar refractivity (Wildman–Crippen MR) is 81.1 cm³/mol. The summed E-state index contributed by atoms with van der Waals surface area (Å²) in [6.07, 6.45) is 1.34. The van der Waals surface area contributed by atoms with E-state index >= 15 is 0 Å². The van der Waals surface area contributed by atoms with Crippen LogP contribution >= 0.6 is 0 Å². The molecule has 0 heterocycles. The molecular weight excluding hydrogens is 282 g/mol. The van der Waals surface area contributed by atoms with Crippen LogP contribution in [0, 0.1) is 0 Å². The Morgan fingerprint density at radius 1 is 1.05 bits per heavy atom. The smallest absolute Gasteiger partial charge is 0.429 e. The summed E-state index contributed by atoms with van der Waals surface area (Å²) >= 11 is 0. The molecule has 2 aromatic rings. The van der Waals surface area contributed by atoms with Gasteiger partial charge in [0.25, 0.3) is 0 Å². The van der Waals surface area contributed by atoms with E-state index < -0.39 is 12.2 Å². The van der Waals surface area contributed by atoms with Crippen LogP contribution in [0.5, 0.6) is 5.75 Å². The van der Waals surface area contributed by atoms with Crippen LogP contribution in [0.4, 0.5) is 4.79 Å². The summed E-state index contributed by atoms with van der Waals surface area (Å²) in [5, 5.41) is 0. The van der Waals surface area contributed by atoms with E-state index in [1.807, 2.05) is 30.3 Å². The van der Waals surface area contributed by atoms with E-state index in [1.54, 1.807) is 30.6 Å². The van der Waals surface area contributed by atoms with Gasteiger partial charge in [-0.1, -0.05) is 42.5 Å². The largest absolute Gasteiger partial charge is 0.514 e. The lowest BCUT2D eigenvalue weighted by atomic mass is 10.1. The Balaban J connectivity index is 1.82. The van der Waals surface area contributed by atoms with Crippen LogP contribution < -0.4 is 10.5 Å². The molecule has 0 spiro atoms. The van der Waals surface area contributed by atoms with Crippen molar-refractivity contribution in [2.24, 2.45) is 5.73 Å². The number of ether oxygens (including phenoxy) is 2. The minimum Gasteiger partial charge on any atom is -0.429 e. The Hall–Kier alpha value is -2.66. The molecule has 0 unspecified atom stereocenters. The third-order valence-corrected chi connectivity index (χ3v) is 2.93. The lowest BCUT2D eigenvalue weighted by Gasteiger charge is -2.07. The summed E-state index contributed by atoms with van der Waals surface area (Å²) in [7, 11) is 0. The zero-order chi connectivity index (χ0) is 15.8. The Bertz CT molecular complexity index is 610. The van der Waals surface area contributed by atoms with Crippen molar-refractivity contribution in [2.45, 2.75) is 19.1 Å². The molecule has 1 atom stereocenters. The molecule has 0 aliphatic rings. The summed E-state index contributed by atoms with van der Waals surface area (Å²) in [5.41, 5.74) is 7.23. The third-order valence-electron chi connectivity index (χ3n) is 2.93. The molecule has 0 amide bonds.